The van der Waals surface area contributed by atoms with E-state index in [0.717, 1.165) is 5.56 Å². The van der Waals surface area contributed by atoms with E-state index in [0.29, 0.717) is 24.6 Å². The molecule has 0 saturated carbocycles. The summed E-state index contributed by atoms with van der Waals surface area (Å²) in [6.07, 6.45) is 0. The van der Waals surface area contributed by atoms with Crippen molar-refractivity contribution in [1.29, 1.82) is 0 Å². The minimum absolute atomic E-state index is 0.0714. The van der Waals surface area contributed by atoms with Gasteiger partial charge < -0.3 is 19.6 Å². The quantitative estimate of drug-likeness (QED) is 0.654. The Morgan fingerprint density at radius 3 is 2.40 bits per heavy atom. The van der Waals surface area contributed by atoms with Crippen LogP contribution in [0, 0.1) is 4.77 Å². The van der Waals surface area contributed by atoms with Gasteiger partial charge in [-0.15, -0.1) is 0 Å². The molecule has 0 fully saturated rings. The van der Waals surface area contributed by atoms with Gasteiger partial charge in [0, 0.05) is 5.56 Å². The van der Waals surface area contributed by atoms with Gasteiger partial charge in [-0.2, -0.15) is 0 Å². The van der Waals surface area contributed by atoms with Crippen molar-refractivity contribution in [1.82, 2.24) is 14.9 Å². The van der Waals surface area contributed by atoms with Gasteiger partial charge in [-0.3, -0.25) is 14.7 Å². The molecule has 0 aliphatic heterocycles. The predicted octanol–water partition coefficient (Wildman–Crippen LogP) is 2.59. The number of rotatable bonds is 7. The molecule has 7 nitrogen and oxygen atoms in total. The smallest absolute Gasteiger partial charge is 0.260 e. The van der Waals surface area contributed by atoms with Crippen LogP contribution in [-0.2, 0) is 0 Å². The van der Waals surface area contributed by atoms with Crippen LogP contribution in [0.3, 0.4) is 0 Å². The van der Waals surface area contributed by atoms with Crippen molar-refractivity contribution in [3.63, 3.8) is 0 Å². The van der Waals surface area contributed by atoms with Crippen LogP contribution in [0.25, 0.3) is 0 Å². The maximum atomic E-state index is 12.6. The number of para-hydroxylation sites is 1. The number of methoxy groups -OCH3 is 2. The second kappa shape index (κ2) is 8.17. The van der Waals surface area contributed by atoms with Crippen molar-refractivity contribution >= 4 is 12.2 Å². The van der Waals surface area contributed by atoms with Crippen LogP contribution in [0.1, 0.15) is 31.0 Å². The highest BCUT2D eigenvalue weighted by molar-refractivity contribution is 7.71. The Kier molecular flexibility index (Phi) is 6.22. The van der Waals surface area contributed by atoms with E-state index in [1.54, 1.807) is 20.3 Å². The lowest BCUT2D eigenvalue weighted by Crippen LogP contribution is -2.33. The zero-order valence-corrected chi connectivity index (χ0v) is 15.6. The van der Waals surface area contributed by atoms with Gasteiger partial charge in [0.15, 0.2) is 16.3 Å². The third-order valence-corrected chi connectivity index (χ3v) is 4.34. The molecule has 0 saturated heterocycles. The van der Waals surface area contributed by atoms with E-state index in [1.165, 1.54) is 0 Å². The number of aromatic nitrogens is 2. The molecule has 8 heteroatoms. The largest absolute Gasteiger partial charge is 0.494 e. The van der Waals surface area contributed by atoms with E-state index in [1.807, 2.05) is 30.9 Å². The Bertz CT molecular complexity index is 843. The first-order chi connectivity index (χ1) is 12.0. The third kappa shape index (κ3) is 3.69. The molecule has 0 amide bonds. The van der Waals surface area contributed by atoms with Gasteiger partial charge >= 0.3 is 0 Å². The molecule has 0 aliphatic carbocycles. The molecule has 0 bridgehead atoms. The first kappa shape index (κ1) is 19.0. The number of aromatic hydroxyl groups is 1. The fourth-order valence-electron chi connectivity index (χ4n) is 2.99. The van der Waals surface area contributed by atoms with Crippen molar-refractivity contribution in [2.45, 2.75) is 19.9 Å². The van der Waals surface area contributed by atoms with Crippen LogP contribution in [0.2, 0.25) is 0 Å². The van der Waals surface area contributed by atoms with Crippen molar-refractivity contribution in [2.75, 3.05) is 27.3 Å². The minimum atomic E-state index is -0.532. The first-order valence-corrected chi connectivity index (χ1v) is 8.39. The van der Waals surface area contributed by atoms with Gasteiger partial charge in [-0.05, 0) is 31.4 Å². The third-order valence-electron chi connectivity index (χ3n) is 4.14. The van der Waals surface area contributed by atoms with E-state index in [2.05, 4.69) is 9.97 Å². The van der Waals surface area contributed by atoms with Gasteiger partial charge in [0.1, 0.15) is 0 Å². The Labute approximate surface area is 151 Å². The molecular weight excluding hydrogens is 342 g/mol. The number of aromatic amines is 2. The molecule has 0 aliphatic rings. The zero-order valence-electron chi connectivity index (χ0n) is 14.8. The average molecular weight is 365 g/mol. The molecule has 2 rings (SSSR count). The predicted molar refractivity (Wildman–Crippen MR) is 98.2 cm³/mol. The maximum absolute atomic E-state index is 12.6. The molecule has 2 aromatic rings. The van der Waals surface area contributed by atoms with Crippen LogP contribution in [-0.4, -0.2) is 47.3 Å². The van der Waals surface area contributed by atoms with Crippen molar-refractivity contribution in [2.24, 2.45) is 0 Å². The molecule has 0 radical (unpaired) electrons. The summed E-state index contributed by atoms with van der Waals surface area (Å²) in [4.78, 5) is 19.8. The molecule has 0 spiro atoms. The molecular formula is C17H23N3O4S. The summed E-state index contributed by atoms with van der Waals surface area (Å²) in [7, 11) is 3.10. The van der Waals surface area contributed by atoms with Gasteiger partial charge in [0.25, 0.3) is 5.56 Å². The summed E-state index contributed by atoms with van der Waals surface area (Å²) in [6.45, 7) is 5.30. The topological polar surface area (TPSA) is 90.6 Å². The number of hydrogen-bond donors (Lipinski definition) is 3. The number of ether oxygens (including phenoxy) is 2. The molecule has 25 heavy (non-hydrogen) atoms. The van der Waals surface area contributed by atoms with Crippen molar-refractivity contribution in [3.05, 3.63) is 44.5 Å². The SMILES string of the molecule is CCN(CC)C(c1cccc(OC)c1OC)c1c(O)[nH]c(=S)[nH]c1=O. The maximum Gasteiger partial charge on any atom is 0.260 e. The van der Waals surface area contributed by atoms with Gasteiger partial charge in [-0.1, -0.05) is 26.0 Å². The van der Waals surface area contributed by atoms with E-state index in [4.69, 9.17) is 21.7 Å². The van der Waals surface area contributed by atoms with Crippen LogP contribution < -0.4 is 15.0 Å². The lowest BCUT2D eigenvalue weighted by molar-refractivity contribution is 0.236. The van der Waals surface area contributed by atoms with Crippen molar-refractivity contribution < 1.29 is 14.6 Å². The second-order valence-corrected chi connectivity index (χ2v) is 5.79. The molecule has 1 unspecified atom stereocenters. The number of H-pyrrole nitrogens is 2. The highest BCUT2D eigenvalue weighted by atomic mass is 32.1. The zero-order chi connectivity index (χ0) is 18.6. The second-order valence-electron chi connectivity index (χ2n) is 5.38. The van der Waals surface area contributed by atoms with E-state index in [9.17, 15) is 9.90 Å². The number of hydrogen-bond acceptors (Lipinski definition) is 6. The Hall–Kier alpha value is -2.32. The number of nitrogens with one attached hydrogen (secondary N) is 2. The standard InChI is InChI=1S/C17H23N3O4S/c1-5-20(6-2)13(12-15(21)18-17(25)19-16(12)22)10-8-7-9-11(23-3)14(10)24-4/h7-9,13H,5-6H2,1-4H3,(H3,18,19,21,22,25). The normalized spacial score (nSPS) is 12.2. The monoisotopic (exact) mass is 365 g/mol. The summed E-state index contributed by atoms with van der Waals surface area (Å²) in [6, 6.07) is 4.93. The summed E-state index contributed by atoms with van der Waals surface area (Å²) >= 11 is 4.93. The molecule has 136 valence electrons. The Balaban J connectivity index is 2.81. The fraction of sp³-hybridized carbons (Fsp3) is 0.412. The highest BCUT2D eigenvalue weighted by Gasteiger charge is 2.30. The lowest BCUT2D eigenvalue weighted by Gasteiger charge is -2.31. The van der Waals surface area contributed by atoms with Crippen LogP contribution in [0.4, 0.5) is 0 Å². The van der Waals surface area contributed by atoms with E-state index in [-0.39, 0.29) is 16.2 Å². The highest BCUT2D eigenvalue weighted by Crippen LogP contribution is 2.40. The Morgan fingerprint density at radius 1 is 1.20 bits per heavy atom. The molecule has 1 atom stereocenters. The summed E-state index contributed by atoms with van der Waals surface area (Å²) in [5.41, 5.74) is 0.462. The fourth-order valence-corrected chi connectivity index (χ4v) is 3.18. The molecule has 1 aromatic heterocycles. The van der Waals surface area contributed by atoms with Crippen LogP contribution in [0.15, 0.2) is 23.0 Å². The number of nitrogens with zero attached hydrogens (tertiary/aromatic N) is 1. The molecule has 1 aromatic carbocycles. The molecule has 1 heterocycles. The van der Waals surface area contributed by atoms with E-state index < -0.39 is 11.6 Å². The van der Waals surface area contributed by atoms with Crippen LogP contribution in [0.5, 0.6) is 17.4 Å². The first-order valence-electron chi connectivity index (χ1n) is 7.98. The van der Waals surface area contributed by atoms with Gasteiger partial charge in [-0.25, -0.2) is 0 Å². The average Bonchev–Trinajstić information content (AvgIpc) is 2.59. The summed E-state index contributed by atoms with van der Waals surface area (Å²) in [5, 5.41) is 10.4. The summed E-state index contributed by atoms with van der Waals surface area (Å²) < 4.78 is 11.0. The van der Waals surface area contributed by atoms with Crippen LogP contribution >= 0.6 is 12.2 Å². The Morgan fingerprint density at radius 2 is 1.88 bits per heavy atom. The lowest BCUT2D eigenvalue weighted by atomic mass is 9.97. The van der Waals surface area contributed by atoms with Gasteiger partial charge in [0.05, 0.1) is 25.8 Å². The minimum Gasteiger partial charge on any atom is -0.494 e. The van der Waals surface area contributed by atoms with E-state index >= 15 is 0 Å². The van der Waals surface area contributed by atoms with Crippen molar-refractivity contribution in [3.8, 4) is 17.4 Å². The number of benzene rings is 1. The summed E-state index contributed by atoms with van der Waals surface area (Å²) in [5.74, 6) is 0.815. The van der Waals surface area contributed by atoms with Gasteiger partial charge in [0.2, 0.25) is 5.88 Å². The molecule has 3 N–H and O–H groups in total.